The second-order valence-electron chi connectivity index (χ2n) is 5.37. The van der Waals surface area contributed by atoms with Gasteiger partial charge in [-0.3, -0.25) is 4.79 Å². The Kier molecular flexibility index (Phi) is 4.40. The van der Waals surface area contributed by atoms with Crippen molar-refractivity contribution in [3.63, 3.8) is 0 Å². The Balaban J connectivity index is 2.25. The van der Waals surface area contributed by atoms with Gasteiger partial charge in [0, 0.05) is 12.3 Å². The third kappa shape index (κ3) is 3.25. The molecule has 4 heteroatoms. The van der Waals surface area contributed by atoms with E-state index in [4.69, 9.17) is 4.74 Å². The Bertz CT molecular complexity index is 500. The summed E-state index contributed by atoms with van der Waals surface area (Å²) in [7, 11) is 1.38. The molecule has 0 amide bonds. The van der Waals surface area contributed by atoms with Gasteiger partial charge in [0.15, 0.2) is 0 Å². The van der Waals surface area contributed by atoms with Crippen molar-refractivity contribution in [2.24, 2.45) is 5.92 Å². The molecule has 1 fully saturated rings. The first kappa shape index (κ1) is 13.8. The second-order valence-corrected chi connectivity index (χ2v) is 5.37. The predicted octanol–water partition coefficient (Wildman–Crippen LogP) is 2.45. The standard InChI is InChI=1S/C15H21NO3/c1-11-7-8-16(14(17)9-11)13(15(18)19-2)10-12-5-3-4-6-12/h7-9,12-13H,3-6,10H2,1-2H3/t13-/m0/s1. The molecular formula is C15H21NO3. The molecule has 1 heterocycles. The lowest BCUT2D eigenvalue weighted by molar-refractivity contribution is -0.145. The Labute approximate surface area is 113 Å². The highest BCUT2D eigenvalue weighted by Crippen LogP contribution is 2.32. The van der Waals surface area contributed by atoms with Gasteiger partial charge >= 0.3 is 5.97 Å². The molecule has 0 bridgehead atoms. The molecule has 0 radical (unpaired) electrons. The molecule has 0 spiro atoms. The number of rotatable bonds is 4. The van der Waals surface area contributed by atoms with Crippen molar-refractivity contribution in [3.8, 4) is 0 Å². The summed E-state index contributed by atoms with van der Waals surface area (Å²) in [6, 6.07) is 2.93. The smallest absolute Gasteiger partial charge is 0.328 e. The number of aryl methyl sites for hydroxylation is 1. The SMILES string of the molecule is COC(=O)[C@H](CC1CCCC1)n1ccc(C)cc1=O. The van der Waals surface area contributed by atoms with Crippen molar-refractivity contribution < 1.29 is 9.53 Å². The van der Waals surface area contributed by atoms with Gasteiger partial charge in [0.2, 0.25) is 0 Å². The molecule has 0 aromatic carbocycles. The molecular weight excluding hydrogens is 242 g/mol. The lowest BCUT2D eigenvalue weighted by atomic mass is 9.98. The number of methoxy groups -OCH3 is 1. The zero-order chi connectivity index (χ0) is 13.8. The number of hydrogen-bond acceptors (Lipinski definition) is 3. The maximum absolute atomic E-state index is 12.0. The van der Waals surface area contributed by atoms with Gasteiger partial charge in [-0.1, -0.05) is 25.7 Å². The Morgan fingerprint density at radius 2 is 2.16 bits per heavy atom. The van der Waals surface area contributed by atoms with Crippen LogP contribution in [0.5, 0.6) is 0 Å². The Morgan fingerprint density at radius 1 is 1.47 bits per heavy atom. The van der Waals surface area contributed by atoms with Gasteiger partial charge in [-0.2, -0.15) is 0 Å². The third-order valence-electron chi connectivity index (χ3n) is 3.94. The minimum absolute atomic E-state index is 0.131. The molecule has 0 aliphatic heterocycles. The van der Waals surface area contributed by atoms with Crippen LogP contribution in [0, 0.1) is 12.8 Å². The maximum Gasteiger partial charge on any atom is 0.328 e. The summed E-state index contributed by atoms with van der Waals surface area (Å²) in [5.74, 6) is 0.204. The van der Waals surface area contributed by atoms with E-state index < -0.39 is 6.04 Å². The fourth-order valence-electron chi connectivity index (χ4n) is 2.87. The highest BCUT2D eigenvalue weighted by Gasteiger charge is 2.27. The second kappa shape index (κ2) is 6.04. The van der Waals surface area contributed by atoms with Crippen molar-refractivity contribution in [2.75, 3.05) is 7.11 Å². The van der Waals surface area contributed by atoms with E-state index in [2.05, 4.69) is 0 Å². The maximum atomic E-state index is 12.0. The molecule has 1 aromatic rings. The number of aromatic nitrogens is 1. The molecule has 0 saturated heterocycles. The van der Waals surface area contributed by atoms with Gasteiger partial charge in [0.1, 0.15) is 6.04 Å². The summed E-state index contributed by atoms with van der Waals surface area (Å²) in [5, 5.41) is 0. The van der Waals surface area contributed by atoms with Crippen LogP contribution in [0.2, 0.25) is 0 Å². The van der Waals surface area contributed by atoms with Gasteiger partial charge in [-0.15, -0.1) is 0 Å². The Morgan fingerprint density at radius 3 is 2.74 bits per heavy atom. The summed E-state index contributed by atoms with van der Waals surface area (Å²) < 4.78 is 6.37. The number of esters is 1. The molecule has 0 N–H and O–H groups in total. The van der Waals surface area contributed by atoms with Crippen LogP contribution in [0.1, 0.15) is 43.7 Å². The van der Waals surface area contributed by atoms with Crippen LogP contribution in [0.15, 0.2) is 23.1 Å². The van der Waals surface area contributed by atoms with Crippen molar-refractivity contribution in [1.82, 2.24) is 4.57 Å². The molecule has 19 heavy (non-hydrogen) atoms. The molecule has 1 aromatic heterocycles. The van der Waals surface area contributed by atoms with Crippen LogP contribution in [0.4, 0.5) is 0 Å². The lowest BCUT2D eigenvalue weighted by Crippen LogP contribution is -2.31. The van der Waals surface area contributed by atoms with Crippen molar-refractivity contribution in [1.29, 1.82) is 0 Å². The van der Waals surface area contributed by atoms with E-state index in [0.717, 1.165) is 18.4 Å². The number of nitrogens with zero attached hydrogens (tertiary/aromatic N) is 1. The molecule has 2 rings (SSSR count). The predicted molar refractivity (Wildman–Crippen MR) is 73.1 cm³/mol. The van der Waals surface area contributed by atoms with Gasteiger partial charge in [-0.05, 0) is 30.9 Å². The minimum atomic E-state index is -0.485. The van der Waals surface area contributed by atoms with E-state index in [1.807, 2.05) is 13.0 Å². The topological polar surface area (TPSA) is 48.3 Å². The number of carbonyl (C=O) groups is 1. The van der Waals surface area contributed by atoms with Crippen molar-refractivity contribution in [2.45, 2.75) is 45.1 Å². The van der Waals surface area contributed by atoms with Gasteiger partial charge in [0.25, 0.3) is 5.56 Å². The van der Waals surface area contributed by atoms with Gasteiger partial charge in [-0.25, -0.2) is 4.79 Å². The molecule has 1 saturated carbocycles. The van der Waals surface area contributed by atoms with E-state index in [1.54, 1.807) is 12.3 Å². The lowest BCUT2D eigenvalue weighted by Gasteiger charge is -2.20. The molecule has 4 nitrogen and oxygen atoms in total. The van der Waals surface area contributed by atoms with Crippen LogP contribution < -0.4 is 5.56 Å². The highest BCUT2D eigenvalue weighted by atomic mass is 16.5. The first-order chi connectivity index (χ1) is 9.11. The number of pyridine rings is 1. The van der Waals surface area contributed by atoms with Crippen molar-refractivity contribution in [3.05, 3.63) is 34.2 Å². The van der Waals surface area contributed by atoms with Crippen LogP contribution in [0.3, 0.4) is 0 Å². The van der Waals surface area contributed by atoms with E-state index in [9.17, 15) is 9.59 Å². The van der Waals surface area contributed by atoms with Crippen LogP contribution in [0.25, 0.3) is 0 Å². The fourth-order valence-corrected chi connectivity index (χ4v) is 2.87. The summed E-state index contributed by atoms with van der Waals surface area (Å²) in [5.41, 5.74) is 0.777. The largest absolute Gasteiger partial charge is 0.467 e. The number of hydrogen-bond donors (Lipinski definition) is 0. The van der Waals surface area contributed by atoms with Crippen LogP contribution >= 0.6 is 0 Å². The minimum Gasteiger partial charge on any atom is -0.467 e. The number of ether oxygens (including phenoxy) is 1. The monoisotopic (exact) mass is 263 g/mol. The average Bonchev–Trinajstić information content (AvgIpc) is 2.89. The zero-order valence-electron chi connectivity index (χ0n) is 11.6. The summed E-state index contributed by atoms with van der Waals surface area (Å²) in [4.78, 5) is 24.0. The highest BCUT2D eigenvalue weighted by molar-refractivity contribution is 5.74. The summed E-state index contributed by atoms with van der Waals surface area (Å²) >= 11 is 0. The van der Waals surface area contributed by atoms with E-state index in [0.29, 0.717) is 12.3 Å². The van der Waals surface area contributed by atoms with E-state index >= 15 is 0 Å². The molecule has 1 atom stereocenters. The number of carbonyl (C=O) groups excluding carboxylic acids is 1. The average molecular weight is 263 g/mol. The van der Waals surface area contributed by atoms with Crippen LogP contribution in [-0.2, 0) is 9.53 Å². The van der Waals surface area contributed by atoms with Crippen molar-refractivity contribution >= 4 is 5.97 Å². The molecule has 1 aliphatic carbocycles. The fraction of sp³-hybridized carbons (Fsp3) is 0.600. The Hall–Kier alpha value is -1.58. The first-order valence-corrected chi connectivity index (χ1v) is 6.88. The molecule has 0 unspecified atom stereocenters. The third-order valence-corrected chi connectivity index (χ3v) is 3.94. The first-order valence-electron chi connectivity index (χ1n) is 6.88. The van der Waals surface area contributed by atoms with Crippen LogP contribution in [-0.4, -0.2) is 17.6 Å². The van der Waals surface area contributed by atoms with E-state index in [1.165, 1.54) is 24.5 Å². The van der Waals surface area contributed by atoms with E-state index in [-0.39, 0.29) is 11.5 Å². The summed E-state index contributed by atoms with van der Waals surface area (Å²) in [6.45, 7) is 1.87. The quantitative estimate of drug-likeness (QED) is 0.784. The molecule has 104 valence electrons. The summed E-state index contributed by atoms with van der Waals surface area (Å²) in [6.07, 6.45) is 7.15. The normalized spacial score (nSPS) is 17.4. The zero-order valence-corrected chi connectivity index (χ0v) is 11.6. The van der Waals surface area contributed by atoms with Gasteiger partial charge in [0.05, 0.1) is 7.11 Å². The van der Waals surface area contributed by atoms with Gasteiger partial charge < -0.3 is 9.30 Å². The molecule has 1 aliphatic rings.